The molecule has 0 atom stereocenters. The molecule has 1 aliphatic rings. The summed E-state index contributed by atoms with van der Waals surface area (Å²) in [6, 6.07) is 4.75. The second-order valence-electron chi connectivity index (χ2n) is 6.28. The van der Waals surface area contributed by atoms with E-state index in [1.54, 1.807) is 11.0 Å². The first-order valence-corrected chi connectivity index (χ1v) is 8.62. The fourth-order valence-corrected chi connectivity index (χ4v) is 3.65. The number of hydrogen-bond acceptors (Lipinski definition) is 2. The highest BCUT2D eigenvalue weighted by Gasteiger charge is 2.22. The fourth-order valence-electron chi connectivity index (χ4n) is 3.65. The van der Waals surface area contributed by atoms with Crippen molar-refractivity contribution in [2.75, 3.05) is 13.1 Å². The average molecular weight is 313 g/mol. The van der Waals surface area contributed by atoms with Crippen LogP contribution in [0.3, 0.4) is 0 Å². The SMILES string of the molecule is CCN(CC)C(=O)/C(C#N)=C\c1cc(C)n(C2CCCC2)c1C. The first kappa shape index (κ1) is 17.3. The zero-order valence-electron chi connectivity index (χ0n) is 14.7. The van der Waals surface area contributed by atoms with E-state index in [9.17, 15) is 10.1 Å². The van der Waals surface area contributed by atoms with Gasteiger partial charge in [-0.15, -0.1) is 0 Å². The third kappa shape index (κ3) is 3.50. The number of nitriles is 1. The third-order valence-corrected chi connectivity index (χ3v) is 4.91. The first-order valence-electron chi connectivity index (χ1n) is 8.62. The van der Waals surface area contributed by atoms with Crippen LogP contribution in [0, 0.1) is 25.2 Å². The Labute approximate surface area is 139 Å². The molecular formula is C19H27N3O. The molecular weight excluding hydrogens is 286 g/mol. The summed E-state index contributed by atoms with van der Waals surface area (Å²) in [6.45, 7) is 9.31. The lowest BCUT2D eigenvalue weighted by Crippen LogP contribution is -2.31. The summed E-state index contributed by atoms with van der Waals surface area (Å²) >= 11 is 0. The maximum absolute atomic E-state index is 12.4. The Morgan fingerprint density at radius 3 is 2.48 bits per heavy atom. The molecule has 1 aliphatic carbocycles. The van der Waals surface area contributed by atoms with E-state index in [-0.39, 0.29) is 11.5 Å². The number of aryl methyl sites for hydroxylation is 1. The Kier molecular flexibility index (Phi) is 5.65. The Bertz CT molecular complexity index is 638. The van der Waals surface area contributed by atoms with Gasteiger partial charge in [-0.1, -0.05) is 12.8 Å². The van der Waals surface area contributed by atoms with E-state index in [1.165, 1.54) is 31.4 Å². The molecule has 0 radical (unpaired) electrons. The van der Waals surface area contributed by atoms with Crippen LogP contribution in [-0.4, -0.2) is 28.5 Å². The molecule has 0 aliphatic heterocycles. The number of likely N-dealkylation sites (N-methyl/N-ethyl adjacent to an activating group) is 1. The van der Waals surface area contributed by atoms with Crippen LogP contribution >= 0.6 is 0 Å². The minimum atomic E-state index is -0.178. The molecule has 2 rings (SSSR count). The number of aromatic nitrogens is 1. The topological polar surface area (TPSA) is 49.0 Å². The molecule has 4 heteroatoms. The van der Waals surface area contributed by atoms with Crippen LogP contribution in [0.5, 0.6) is 0 Å². The highest BCUT2D eigenvalue weighted by atomic mass is 16.2. The average Bonchev–Trinajstić information content (AvgIpc) is 3.14. The van der Waals surface area contributed by atoms with Gasteiger partial charge in [0.15, 0.2) is 0 Å². The predicted molar refractivity (Wildman–Crippen MR) is 92.9 cm³/mol. The van der Waals surface area contributed by atoms with E-state index in [1.807, 2.05) is 13.8 Å². The van der Waals surface area contributed by atoms with Gasteiger partial charge < -0.3 is 9.47 Å². The van der Waals surface area contributed by atoms with Crippen molar-refractivity contribution < 1.29 is 4.79 Å². The van der Waals surface area contributed by atoms with Gasteiger partial charge in [0.25, 0.3) is 5.91 Å². The van der Waals surface area contributed by atoms with Gasteiger partial charge in [-0.05, 0) is 58.2 Å². The van der Waals surface area contributed by atoms with Gasteiger partial charge in [-0.25, -0.2) is 0 Å². The predicted octanol–water partition coefficient (Wildman–Crippen LogP) is 4.00. The Balaban J connectivity index is 2.36. The van der Waals surface area contributed by atoms with Crippen molar-refractivity contribution >= 4 is 12.0 Å². The van der Waals surface area contributed by atoms with Crippen LogP contribution in [0.15, 0.2) is 11.6 Å². The van der Waals surface area contributed by atoms with Crippen LogP contribution in [0.1, 0.15) is 62.5 Å². The number of rotatable bonds is 5. The van der Waals surface area contributed by atoms with Gasteiger partial charge >= 0.3 is 0 Å². The second kappa shape index (κ2) is 7.50. The van der Waals surface area contributed by atoms with E-state index in [2.05, 4.69) is 30.6 Å². The fraction of sp³-hybridized carbons (Fsp3) is 0.579. The van der Waals surface area contributed by atoms with Crippen LogP contribution < -0.4 is 0 Å². The molecule has 23 heavy (non-hydrogen) atoms. The minimum absolute atomic E-state index is 0.178. The van der Waals surface area contributed by atoms with Gasteiger partial charge in [0.05, 0.1) is 0 Å². The van der Waals surface area contributed by atoms with Crippen LogP contribution in [-0.2, 0) is 4.79 Å². The minimum Gasteiger partial charge on any atom is -0.346 e. The number of hydrogen-bond donors (Lipinski definition) is 0. The molecule has 0 saturated heterocycles. The van der Waals surface area contributed by atoms with Gasteiger partial charge in [0.2, 0.25) is 0 Å². The maximum atomic E-state index is 12.4. The number of carbonyl (C=O) groups excluding carboxylic acids is 1. The van der Waals surface area contributed by atoms with Gasteiger partial charge in [-0.2, -0.15) is 5.26 Å². The largest absolute Gasteiger partial charge is 0.346 e. The monoisotopic (exact) mass is 313 g/mol. The summed E-state index contributed by atoms with van der Waals surface area (Å²) < 4.78 is 2.38. The lowest BCUT2D eigenvalue weighted by molar-refractivity contribution is -0.126. The van der Waals surface area contributed by atoms with Crippen molar-refractivity contribution in [2.24, 2.45) is 0 Å². The third-order valence-electron chi connectivity index (χ3n) is 4.91. The number of amides is 1. The summed E-state index contributed by atoms with van der Waals surface area (Å²) in [6.07, 6.45) is 6.79. The standard InChI is InChI=1S/C19H27N3O/c1-5-21(6-2)19(23)17(13-20)12-16-11-14(3)22(15(16)4)18-9-7-8-10-18/h11-12,18H,5-10H2,1-4H3/b17-12-. The molecule has 1 amide bonds. The van der Waals surface area contributed by atoms with Crippen molar-refractivity contribution in [1.29, 1.82) is 5.26 Å². The zero-order valence-corrected chi connectivity index (χ0v) is 14.7. The van der Waals surface area contributed by atoms with Crippen molar-refractivity contribution in [3.05, 3.63) is 28.6 Å². The summed E-state index contributed by atoms with van der Waals surface area (Å²) in [5, 5.41) is 9.40. The van der Waals surface area contributed by atoms with Crippen molar-refractivity contribution in [3.8, 4) is 6.07 Å². The lowest BCUT2D eigenvalue weighted by atomic mass is 10.1. The van der Waals surface area contributed by atoms with E-state index in [0.717, 1.165) is 11.3 Å². The molecule has 4 nitrogen and oxygen atoms in total. The first-order chi connectivity index (χ1) is 11.0. The normalized spacial score (nSPS) is 15.7. The van der Waals surface area contributed by atoms with E-state index in [0.29, 0.717) is 19.1 Å². The van der Waals surface area contributed by atoms with Crippen LogP contribution in [0.2, 0.25) is 0 Å². The molecule has 1 fully saturated rings. The van der Waals surface area contributed by atoms with E-state index >= 15 is 0 Å². The number of nitrogens with zero attached hydrogens (tertiary/aromatic N) is 3. The highest BCUT2D eigenvalue weighted by Crippen LogP contribution is 2.33. The maximum Gasteiger partial charge on any atom is 0.264 e. The molecule has 1 aromatic rings. The molecule has 1 heterocycles. The van der Waals surface area contributed by atoms with E-state index < -0.39 is 0 Å². The summed E-state index contributed by atoms with van der Waals surface area (Å²) in [7, 11) is 0. The molecule has 0 unspecified atom stereocenters. The summed E-state index contributed by atoms with van der Waals surface area (Å²) in [5.41, 5.74) is 3.59. The van der Waals surface area contributed by atoms with Crippen molar-refractivity contribution in [1.82, 2.24) is 9.47 Å². The lowest BCUT2D eigenvalue weighted by Gasteiger charge is -2.18. The van der Waals surface area contributed by atoms with Crippen LogP contribution in [0.4, 0.5) is 0 Å². The molecule has 0 aromatic carbocycles. The van der Waals surface area contributed by atoms with Crippen LogP contribution in [0.25, 0.3) is 6.08 Å². The zero-order chi connectivity index (χ0) is 17.0. The molecule has 1 aromatic heterocycles. The second-order valence-corrected chi connectivity index (χ2v) is 6.28. The van der Waals surface area contributed by atoms with Gasteiger partial charge in [0.1, 0.15) is 11.6 Å². The molecule has 0 N–H and O–H groups in total. The van der Waals surface area contributed by atoms with Gasteiger partial charge in [-0.3, -0.25) is 4.79 Å². The molecule has 124 valence electrons. The highest BCUT2D eigenvalue weighted by molar-refractivity contribution is 6.01. The Morgan fingerprint density at radius 1 is 1.35 bits per heavy atom. The molecule has 1 saturated carbocycles. The summed E-state index contributed by atoms with van der Waals surface area (Å²) in [5.74, 6) is -0.178. The summed E-state index contributed by atoms with van der Waals surface area (Å²) in [4.78, 5) is 14.1. The Morgan fingerprint density at radius 2 is 1.96 bits per heavy atom. The molecule has 0 bridgehead atoms. The quantitative estimate of drug-likeness (QED) is 0.609. The Hall–Kier alpha value is -2.02. The molecule has 0 spiro atoms. The van der Waals surface area contributed by atoms with Crippen molar-refractivity contribution in [3.63, 3.8) is 0 Å². The van der Waals surface area contributed by atoms with Gasteiger partial charge in [0, 0.05) is 30.5 Å². The number of carbonyl (C=O) groups is 1. The van der Waals surface area contributed by atoms with Crippen molar-refractivity contribution in [2.45, 2.75) is 59.4 Å². The smallest absolute Gasteiger partial charge is 0.264 e. The van der Waals surface area contributed by atoms with E-state index in [4.69, 9.17) is 0 Å².